The van der Waals surface area contributed by atoms with Crippen LogP contribution in [0.25, 0.3) is 0 Å². The molecule has 2 aliphatic heterocycles. The van der Waals surface area contributed by atoms with Crippen molar-refractivity contribution in [2.45, 2.75) is 143 Å². The van der Waals surface area contributed by atoms with Crippen molar-refractivity contribution in [1.29, 1.82) is 0 Å². The van der Waals surface area contributed by atoms with Crippen LogP contribution < -0.4 is 5.32 Å². The van der Waals surface area contributed by atoms with Crippen LogP contribution in [0.15, 0.2) is 42.0 Å². The van der Waals surface area contributed by atoms with Crippen molar-refractivity contribution in [3.63, 3.8) is 0 Å². The summed E-state index contributed by atoms with van der Waals surface area (Å²) in [6.45, 7) is 21.3. The van der Waals surface area contributed by atoms with Gasteiger partial charge in [-0.3, -0.25) is 9.69 Å². The molecular weight excluding hydrogens is 671 g/mol. The number of benzene rings is 1. The average molecular weight is 743 g/mol. The van der Waals surface area contributed by atoms with Gasteiger partial charge in [0.05, 0.1) is 24.7 Å². The topological polar surface area (TPSA) is 81.9 Å². The molecular formula is C47H72N3O4+. The van der Waals surface area contributed by atoms with E-state index in [4.69, 9.17) is 4.74 Å². The van der Waals surface area contributed by atoms with E-state index >= 15 is 0 Å². The summed E-state index contributed by atoms with van der Waals surface area (Å²) in [7, 11) is 1.74. The van der Waals surface area contributed by atoms with Crippen LogP contribution in [0, 0.1) is 51.8 Å². The van der Waals surface area contributed by atoms with Gasteiger partial charge in [-0.25, -0.2) is 4.79 Å². The molecule has 54 heavy (non-hydrogen) atoms. The van der Waals surface area contributed by atoms with E-state index in [0.717, 1.165) is 56.7 Å². The number of ether oxygens (including phenoxy) is 1. The summed E-state index contributed by atoms with van der Waals surface area (Å²) < 4.78 is 8.70. The van der Waals surface area contributed by atoms with Crippen molar-refractivity contribution in [1.82, 2.24) is 10.2 Å². The number of hydrogen-bond acceptors (Lipinski definition) is 5. The molecule has 1 spiro atoms. The van der Waals surface area contributed by atoms with E-state index < -0.39 is 0 Å². The maximum atomic E-state index is 13.5. The van der Waals surface area contributed by atoms with Gasteiger partial charge in [-0.05, 0) is 128 Å². The largest absolute Gasteiger partial charge is 0.389 e. The molecule has 2 heterocycles. The van der Waals surface area contributed by atoms with Crippen molar-refractivity contribution < 1.29 is 24.0 Å². The normalized spacial score (nSPS) is 40.4. The number of allylic oxidation sites excluding steroid dienone is 1. The number of rotatable bonds is 8. The fourth-order valence-corrected chi connectivity index (χ4v) is 13.3. The Morgan fingerprint density at radius 2 is 1.83 bits per heavy atom. The van der Waals surface area contributed by atoms with E-state index in [1.54, 1.807) is 24.1 Å². The van der Waals surface area contributed by atoms with Gasteiger partial charge < -0.3 is 15.2 Å². The van der Waals surface area contributed by atoms with Crippen molar-refractivity contribution in [2.24, 2.45) is 51.8 Å². The number of carbonyl (C=O) groups excluding carboxylic acids is 2. The van der Waals surface area contributed by atoms with Crippen molar-refractivity contribution in [3.05, 3.63) is 47.5 Å². The van der Waals surface area contributed by atoms with E-state index in [1.165, 1.54) is 44.1 Å². The molecule has 12 unspecified atom stereocenters. The predicted octanol–water partition coefficient (Wildman–Crippen LogP) is 7.79. The summed E-state index contributed by atoms with van der Waals surface area (Å²) in [6, 6.07) is 10.7. The minimum absolute atomic E-state index is 0.0226. The number of hydrogen-bond donors (Lipinski definition) is 2. The highest BCUT2D eigenvalue weighted by Gasteiger charge is 2.74. The molecule has 7 nitrogen and oxygen atoms in total. The Kier molecular flexibility index (Phi) is 11.0. The third-order valence-corrected chi connectivity index (χ3v) is 16.5. The van der Waals surface area contributed by atoms with E-state index in [0.29, 0.717) is 42.0 Å². The smallest absolute Gasteiger partial charge is 0.389 e. The van der Waals surface area contributed by atoms with Gasteiger partial charge in [0.2, 0.25) is 5.71 Å². The molecule has 4 aliphatic carbocycles. The van der Waals surface area contributed by atoms with E-state index in [2.05, 4.69) is 70.0 Å². The van der Waals surface area contributed by atoms with Gasteiger partial charge in [-0.1, -0.05) is 83.5 Å². The van der Waals surface area contributed by atoms with Gasteiger partial charge in [0.15, 0.2) is 0 Å². The van der Waals surface area contributed by atoms with Crippen molar-refractivity contribution in [2.75, 3.05) is 33.3 Å². The first-order valence-electron chi connectivity index (χ1n) is 21.7. The monoisotopic (exact) mass is 743 g/mol. The molecule has 5 fully saturated rings. The Labute approximate surface area is 326 Å². The first-order chi connectivity index (χ1) is 25.5. The lowest BCUT2D eigenvalue weighted by atomic mass is 9.56. The molecule has 2 saturated heterocycles. The number of aliphatic hydroxyl groups is 1. The molecule has 1 aromatic carbocycles. The van der Waals surface area contributed by atoms with Crippen LogP contribution in [0.4, 0.5) is 0 Å². The van der Waals surface area contributed by atoms with Crippen molar-refractivity contribution in [3.8, 4) is 0 Å². The molecule has 2 amide bonds. The van der Waals surface area contributed by atoms with Crippen LogP contribution in [0.1, 0.15) is 125 Å². The van der Waals surface area contributed by atoms with Crippen LogP contribution in [0.3, 0.4) is 0 Å². The van der Waals surface area contributed by atoms with Crippen LogP contribution in [0.5, 0.6) is 0 Å². The minimum Gasteiger partial charge on any atom is -0.389 e. The quantitative estimate of drug-likeness (QED) is 0.162. The predicted molar refractivity (Wildman–Crippen MR) is 216 cm³/mol. The van der Waals surface area contributed by atoms with Gasteiger partial charge in [0.25, 0.3) is 0 Å². The molecule has 298 valence electrons. The maximum absolute atomic E-state index is 13.5. The fraction of sp³-hybridized carbons (Fsp3) is 0.766. The Hall–Kier alpha value is -2.35. The highest BCUT2D eigenvalue weighted by atomic mass is 16.5. The van der Waals surface area contributed by atoms with Crippen LogP contribution in [-0.4, -0.2) is 83.6 Å². The molecule has 0 aromatic heterocycles. The first kappa shape index (κ1) is 39.9. The van der Waals surface area contributed by atoms with Gasteiger partial charge in [-0.2, -0.15) is 4.58 Å². The molecule has 12 atom stereocenters. The molecule has 7 heteroatoms. The standard InChI is InChI=1S/C47H71N3O4/c1-30-23-40-41(50(27-30)22-21-48-42(52)33(4)49(9)43(53)32(3)25-44(5,6)34-13-11-10-12-14-34)31(2)15-18-38-37-17-16-35-24-36(51)19-20-46(35,8)39(37)26-47(38)28-45(47,7)29-54-40/h10-14,24,30-32,36-41,51H,15-23,25-29H2,1-9H3/p+1. The summed E-state index contributed by atoms with van der Waals surface area (Å²) in [5, 5.41) is 13.7. The first-order valence-corrected chi connectivity index (χ1v) is 21.7. The number of nitrogens with one attached hydrogen (secondary N) is 1. The van der Waals surface area contributed by atoms with E-state index in [9.17, 15) is 14.7 Å². The molecule has 0 radical (unpaired) electrons. The zero-order valence-electron chi connectivity index (χ0n) is 35.1. The lowest BCUT2D eigenvalue weighted by Gasteiger charge is -2.49. The summed E-state index contributed by atoms with van der Waals surface area (Å²) in [4.78, 5) is 29.7. The number of nitrogens with zero attached hydrogens (tertiary/aromatic N) is 2. The Morgan fingerprint density at radius 3 is 2.57 bits per heavy atom. The molecule has 1 aromatic rings. The van der Waals surface area contributed by atoms with Gasteiger partial charge >= 0.3 is 11.8 Å². The highest BCUT2D eigenvalue weighted by molar-refractivity contribution is 6.36. The molecule has 7 rings (SSSR count). The third kappa shape index (κ3) is 7.10. The number of aliphatic hydroxyl groups excluding tert-OH is 1. The summed E-state index contributed by atoms with van der Waals surface area (Å²) >= 11 is 0. The lowest BCUT2D eigenvalue weighted by Crippen LogP contribution is -2.57. The highest BCUT2D eigenvalue weighted by Crippen LogP contribution is 2.80. The van der Waals surface area contributed by atoms with E-state index in [-0.39, 0.29) is 46.2 Å². The van der Waals surface area contributed by atoms with E-state index in [1.807, 2.05) is 25.1 Å². The van der Waals surface area contributed by atoms with Gasteiger partial charge in [0, 0.05) is 32.6 Å². The van der Waals surface area contributed by atoms with Crippen LogP contribution >= 0.6 is 0 Å². The van der Waals surface area contributed by atoms with Crippen LogP contribution in [0.2, 0.25) is 0 Å². The summed E-state index contributed by atoms with van der Waals surface area (Å²) in [5.41, 5.74) is 3.98. The Balaban J connectivity index is 0.998. The number of carbonyl (C=O) groups is 2. The number of amides is 2. The zero-order chi connectivity index (χ0) is 38.8. The van der Waals surface area contributed by atoms with Crippen LogP contribution in [-0.2, 0) is 19.7 Å². The second-order valence-electron chi connectivity index (χ2n) is 20.6. The minimum atomic E-state index is -0.253. The SMILES string of the molecule is CC(C(=O)NCCN1CC(C)CC2OCC3(C)CC34CC3C(CCC5=CC(O)CCC53C)C4CCC(C)C21)=[N+](C)C(=O)C(C)CC(C)(C)c1ccccc1. The van der Waals surface area contributed by atoms with Crippen molar-refractivity contribution >= 4 is 17.5 Å². The van der Waals surface area contributed by atoms with Gasteiger partial charge in [0.1, 0.15) is 7.05 Å². The average Bonchev–Trinajstić information content (AvgIpc) is 3.58. The fourth-order valence-electron chi connectivity index (χ4n) is 13.3. The Bertz CT molecular complexity index is 1640. The van der Waals surface area contributed by atoms with Gasteiger partial charge in [-0.15, -0.1) is 0 Å². The number of likely N-dealkylation sites (tertiary alicyclic amines) is 1. The summed E-state index contributed by atoms with van der Waals surface area (Å²) in [5.74, 6) is 2.91. The summed E-state index contributed by atoms with van der Waals surface area (Å²) in [6.07, 6.45) is 13.7. The maximum Gasteiger partial charge on any atom is 0.389 e. The number of piperidine rings is 1. The molecule has 6 aliphatic rings. The molecule has 2 N–H and O–H groups in total. The third-order valence-electron chi connectivity index (χ3n) is 16.5. The Morgan fingerprint density at radius 1 is 1.09 bits per heavy atom. The molecule has 0 bridgehead atoms. The second-order valence-corrected chi connectivity index (χ2v) is 20.6. The number of fused-ring (bicyclic) bond motifs is 5. The zero-order valence-corrected chi connectivity index (χ0v) is 35.1. The lowest BCUT2D eigenvalue weighted by molar-refractivity contribution is -0.422. The second kappa shape index (κ2) is 14.9. The molecule has 3 saturated carbocycles.